The SMILES string of the molecule is CCC(C)(C)C(=O)NCC(C)N. The monoisotopic (exact) mass is 172 g/mol. The van der Waals surface area contributed by atoms with Crippen molar-refractivity contribution in [1.29, 1.82) is 0 Å². The fraction of sp³-hybridized carbons (Fsp3) is 0.889. The van der Waals surface area contributed by atoms with Crippen LogP contribution in [0.2, 0.25) is 0 Å². The lowest BCUT2D eigenvalue weighted by Gasteiger charge is -2.22. The van der Waals surface area contributed by atoms with E-state index in [0.29, 0.717) is 6.54 Å². The molecule has 0 saturated carbocycles. The molecule has 12 heavy (non-hydrogen) atoms. The van der Waals surface area contributed by atoms with E-state index in [9.17, 15) is 4.79 Å². The molecule has 0 saturated heterocycles. The summed E-state index contributed by atoms with van der Waals surface area (Å²) in [5, 5.41) is 2.81. The van der Waals surface area contributed by atoms with Crippen molar-refractivity contribution < 1.29 is 4.79 Å². The number of hydrogen-bond acceptors (Lipinski definition) is 2. The van der Waals surface area contributed by atoms with Gasteiger partial charge in [-0.2, -0.15) is 0 Å². The van der Waals surface area contributed by atoms with E-state index in [1.807, 2.05) is 27.7 Å². The third kappa shape index (κ3) is 3.72. The van der Waals surface area contributed by atoms with Gasteiger partial charge >= 0.3 is 0 Å². The van der Waals surface area contributed by atoms with Crippen molar-refractivity contribution in [3.05, 3.63) is 0 Å². The Labute approximate surface area is 74.7 Å². The molecule has 0 bridgehead atoms. The second-order valence-corrected chi connectivity index (χ2v) is 3.92. The highest BCUT2D eigenvalue weighted by Gasteiger charge is 2.24. The van der Waals surface area contributed by atoms with Gasteiger partial charge in [-0.05, 0) is 13.3 Å². The van der Waals surface area contributed by atoms with Crippen LogP contribution in [0.15, 0.2) is 0 Å². The van der Waals surface area contributed by atoms with Gasteiger partial charge in [-0.15, -0.1) is 0 Å². The smallest absolute Gasteiger partial charge is 0.225 e. The lowest BCUT2D eigenvalue weighted by Crippen LogP contribution is -2.41. The van der Waals surface area contributed by atoms with Crippen LogP contribution in [0.25, 0.3) is 0 Å². The Balaban J connectivity index is 3.88. The second kappa shape index (κ2) is 4.45. The van der Waals surface area contributed by atoms with Gasteiger partial charge in [0, 0.05) is 18.0 Å². The fourth-order valence-electron chi connectivity index (χ4n) is 0.654. The van der Waals surface area contributed by atoms with Crippen LogP contribution in [-0.2, 0) is 4.79 Å². The first-order valence-electron chi connectivity index (χ1n) is 4.44. The van der Waals surface area contributed by atoms with Gasteiger partial charge in [0.15, 0.2) is 0 Å². The van der Waals surface area contributed by atoms with Gasteiger partial charge in [-0.25, -0.2) is 0 Å². The van der Waals surface area contributed by atoms with Crippen LogP contribution in [0.1, 0.15) is 34.1 Å². The van der Waals surface area contributed by atoms with Crippen molar-refractivity contribution in [2.45, 2.75) is 40.2 Å². The standard InChI is InChI=1S/C9H20N2O/c1-5-9(3,4)8(12)11-6-7(2)10/h7H,5-6,10H2,1-4H3,(H,11,12). The van der Waals surface area contributed by atoms with E-state index in [1.165, 1.54) is 0 Å². The van der Waals surface area contributed by atoms with Gasteiger partial charge in [0.2, 0.25) is 5.91 Å². The predicted octanol–water partition coefficient (Wildman–Crippen LogP) is 0.886. The number of hydrogen-bond donors (Lipinski definition) is 2. The summed E-state index contributed by atoms with van der Waals surface area (Å²) in [6.45, 7) is 8.31. The quantitative estimate of drug-likeness (QED) is 0.661. The van der Waals surface area contributed by atoms with Crippen LogP contribution in [-0.4, -0.2) is 18.5 Å². The average molecular weight is 172 g/mol. The second-order valence-electron chi connectivity index (χ2n) is 3.92. The molecular formula is C9H20N2O. The van der Waals surface area contributed by atoms with Crippen LogP contribution in [0.4, 0.5) is 0 Å². The van der Waals surface area contributed by atoms with Crippen molar-refractivity contribution in [2.75, 3.05) is 6.54 Å². The minimum Gasteiger partial charge on any atom is -0.354 e. The highest BCUT2D eigenvalue weighted by Crippen LogP contribution is 2.18. The molecule has 3 nitrogen and oxygen atoms in total. The molecule has 0 radical (unpaired) electrons. The summed E-state index contributed by atoms with van der Waals surface area (Å²) < 4.78 is 0. The Bertz CT molecular complexity index is 153. The molecule has 3 N–H and O–H groups in total. The molecule has 0 fully saturated rings. The van der Waals surface area contributed by atoms with Crippen molar-refractivity contribution in [3.63, 3.8) is 0 Å². The van der Waals surface area contributed by atoms with Crippen LogP contribution in [0.3, 0.4) is 0 Å². The summed E-state index contributed by atoms with van der Waals surface area (Å²) in [5.74, 6) is 0.0855. The Morgan fingerprint density at radius 1 is 1.58 bits per heavy atom. The highest BCUT2D eigenvalue weighted by atomic mass is 16.2. The van der Waals surface area contributed by atoms with Crippen LogP contribution < -0.4 is 11.1 Å². The van der Waals surface area contributed by atoms with Gasteiger partial charge < -0.3 is 11.1 Å². The van der Waals surface area contributed by atoms with Gasteiger partial charge in [0.05, 0.1) is 0 Å². The Morgan fingerprint density at radius 3 is 2.42 bits per heavy atom. The molecule has 1 atom stereocenters. The third-order valence-corrected chi connectivity index (χ3v) is 2.08. The average Bonchev–Trinajstić information content (AvgIpc) is 2.00. The Kier molecular flexibility index (Phi) is 4.24. The minimum atomic E-state index is -0.269. The van der Waals surface area contributed by atoms with Crippen molar-refractivity contribution in [1.82, 2.24) is 5.32 Å². The predicted molar refractivity (Wildman–Crippen MR) is 50.7 cm³/mol. The normalized spacial score (nSPS) is 14.1. The maximum Gasteiger partial charge on any atom is 0.225 e. The van der Waals surface area contributed by atoms with Crippen molar-refractivity contribution >= 4 is 5.91 Å². The van der Waals surface area contributed by atoms with Gasteiger partial charge in [0.1, 0.15) is 0 Å². The number of rotatable bonds is 4. The Morgan fingerprint density at radius 2 is 2.08 bits per heavy atom. The molecule has 0 rings (SSSR count). The first kappa shape index (κ1) is 11.4. The number of carbonyl (C=O) groups excluding carboxylic acids is 1. The summed E-state index contributed by atoms with van der Waals surface area (Å²) in [4.78, 5) is 11.4. The molecule has 1 unspecified atom stereocenters. The molecule has 1 amide bonds. The molecule has 0 aliphatic heterocycles. The largest absolute Gasteiger partial charge is 0.354 e. The molecule has 0 aliphatic rings. The van der Waals surface area contributed by atoms with E-state index in [0.717, 1.165) is 6.42 Å². The molecule has 0 aromatic rings. The molecule has 72 valence electrons. The summed E-state index contributed by atoms with van der Waals surface area (Å²) in [5.41, 5.74) is 5.24. The molecule has 0 aromatic heterocycles. The number of carbonyl (C=O) groups is 1. The van der Waals surface area contributed by atoms with Crippen LogP contribution >= 0.6 is 0 Å². The zero-order valence-electron chi connectivity index (χ0n) is 8.48. The van der Waals surface area contributed by atoms with E-state index in [2.05, 4.69) is 5.32 Å². The Hall–Kier alpha value is -0.570. The summed E-state index contributed by atoms with van der Waals surface area (Å²) in [7, 11) is 0. The maximum absolute atomic E-state index is 11.4. The number of nitrogens with two attached hydrogens (primary N) is 1. The molecule has 0 aliphatic carbocycles. The first-order valence-corrected chi connectivity index (χ1v) is 4.44. The number of nitrogens with one attached hydrogen (secondary N) is 1. The molecule has 3 heteroatoms. The zero-order chi connectivity index (χ0) is 9.78. The van der Waals surface area contributed by atoms with Crippen molar-refractivity contribution in [3.8, 4) is 0 Å². The topological polar surface area (TPSA) is 55.1 Å². The first-order chi connectivity index (χ1) is 5.40. The third-order valence-electron chi connectivity index (χ3n) is 2.08. The zero-order valence-corrected chi connectivity index (χ0v) is 8.48. The van der Waals surface area contributed by atoms with Crippen molar-refractivity contribution in [2.24, 2.45) is 11.1 Å². The summed E-state index contributed by atoms with van der Waals surface area (Å²) in [6, 6.07) is 0.0293. The van der Waals surface area contributed by atoms with E-state index >= 15 is 0 Å². The lowest BCUT2D eigenvalue weighted by atomic mass is 9.89. The van der Waals surface area contributed by atoms with E-state index in [-0.39, 0.29) is 17.4 Å². The maximum atomic E-state index is 11.4. The van der Waals surface area contributed by atoms with E-state index in [4.69, 9.17) is 5.73 Å². The number of amides is 1. The molecule has 0 aromatic carbocycles. The van der Waals surface area contributed by atoms with E-state index in [1.54, 1.807) is 0 Å². The fourth-order valence-corrected chi connectivity index (χ4v) is 0.654. The minimum absolute atomic E-state index is 0.0293. The molecular weight excluding hydrogens is 152 g/mol. The summed E-state index contributed by atoms with van der Waals surface area (Å²) >= 11 is 0. The molecule has 0 heterocycles. The summed E-state index contributed by atoms with van der Waals surface area (Å²) in [6.07, 6.45) is 0.845. The molecule has 0 spiro atoms. The van der Waals surface area contributed by atoms with Gasteiger partial charge in [-0.1, -0.05) is 20.8 Å². The van der Waals surface area contributed by atoms with Crippen LogP contribution in [0.5, 0.6) is 0 Å². The highest BCUT2D eigenvalue weighted by molar-refractivity contribution is 5.81. The lowest BCUT2D eigenvalue weighted by molar-refractivity contribution is -0.129. The van der Waals surface area contributed by atoms with E-state index < -0.39 is 0 Å². The van der Waals surface area contributed by atoms with Gasteiger partial charge in [0.25, 0.3) is 0 Å². The van der Waals surface area contributed by atoms with Crippen LogP contribution in [0, 0.1) is 5.41 Å². The van der Waals surface area contributed by atoms with Gasteiger partial charge in [-0.3, -0.25) is 4.79 Å².